The van der Waals surface area contributed by atoms with Gasteiger partial charge in [-0.05, 0) is 49.4 Å². The van der Waals surface area contributed by atoms with Gasteiger partial charge in [0.25, 0.3) is 11.8 Å². The van der Waals surface area contributed by atoms with Crippen LogP contribution in [-0.4, -0.2) is 75.4 Å². The molecule has 45 heavy (non-hydrogen) atoms. The van der Waals surface area contributed by atoms with Gasteiger partial charge in [-0.25, -0.2) is 4.99 Å². The minimum Gasteiger partial charge on any atom is -0.476 e. The molecule has 0 spiro atoms. The van der Waals surface area contributed by atoms with Crippen LogP contribution < -0.4 is 5.32 Å². The maximum absolute atomic E-state index is 14.2. The molecule has 3 amide bonds. The maximum Gasteiger partial charge on any atom is 0.258 e. The molecular formula is C36H40N4O5. The normalized spacial score (nSPS) is 19.0. The van der Waals surface area contributed by atoms with Gasteiger partial charge in [-0.1, -0.05) is 92.7 Å². The van der Waals surface area contributed by atoms with Crippen LogP contribution in [0.2, 0.25) is 0 Å². The van der Waals surface area contributed by atoms with Gasteiger partial charge in [-0.3, -0.25) is 19.3 Å². The first kappa shape index (κ1) is 31.7. The van der Waals surface area contributed by atoms with Gasteiger partial charge in [-0.15, -0.1) is 0 Å². The van der Waals surface area contributed by atoms with Crippen LogP contribution in [0.4, 0.5) is 0 Å². The molecule has 234 valence electrons. The molecule has 0 aromatic heterocycles. The number of benzene rings is 3. The number of hydrogen-bond acceptors (Lipinski definition) is 6. The van der Waals surface area contributed by atoms with Crippen molar-refractivity contribution in [1.82, 2.24) is 15.1 Å². The zero-order chi connectivity index (χ0) is 32.1. The minimum atomic E-state index is -1.19. The lowest BCUT2D eigenvalue weighted by molar-refractivity contribution is -0.138. The highest BCUT2D eigenvalue weighted by molar-refractivity contribution is 6.03. The van der Waals surface area contributed by atoms with Crippen LogP contribution in [-0.2, 0) is 20.7 Å². The molecule has 2 heterocycles. The van der Waals surface area contributed by atoms with Gasteiger partial charge in [-0.2, -0.15) is 0 Å². The number of carbonyl (C=O) groups excluding carboxylic acids is 3. The fourth-order valence-corrected chi connectivity index (χ4v) is 5.65. The third kappa shape index (κ3) is 7.32. The van der Waals surface area contributed by atoms with Crippen molar-refractivity contribution in [2.24, 2.45) is 10.9 Å². The third-order valence-corrected chi connectivity index (χ3v) is 7.89. The zero-order valence-corrected chi connectivity index (χ0v) is 26.1. The highest BCUT2D eigenvalue weighted by atomic mass is 16.5. The monoisotopic (exact) mass is 608 g/mol. The van der Waals surface area contributed by atoms with Gasteiger partial charge in [0.1, 0.15) is 25.3 Å². The van der Waals surface area contributed by atoms with Crippen LogP contribution in [0.5, 0.6) is 0 Å². The predicted molar refractivity (Wildman–Crippen MR) is 173 cm³/mol. The molecule has 0 saturated carbocycles. The second-order valence-corrected chi connectivity index (χ2v) is 12.4. The molecule has 2 N–H and O–H groups in total. The van der Waals surface area contributed by atoms with E-state index in [0.29, 0.717) is 29.9 Å². The summed E-state index contributed by atoms with van der Waals surface area (Å²) in [5.74, 6) is -1.19. The van der Waals surface area contributed by atoms with E-state index in [-0.39, 0.29) is 30.2 Å². The standard InChI is InChI=1S/C36H40N4O5/c1-24(2)31-35(44)39(29(26-16-10-6-11-17-26)21-40(31)34(43)27-18-12-7-13-19-27)22-30(41)37-28(20-25-14-8-5-9-15-25)32(42)33-38-36(3,4)23-45-33/h5-19,21,24,28,31-32,42H,20,22-23H2,1-4H3,(H,37,41)/t28-,31?,32?/m0/s1. The van der Waals surface area contributed by atoms with E-state index < -0.39 is 29.6 Å². The number of aliphatic hydroxyl groups is 1. The number of hydrogen-bond donors (Lipinski definition) is 2. The fourth-order valence-electron chi connectivity index (χ4n) is 5.65. The quantitative estimate of drug-likeness (QED) is 0.357. The number of nitrogens with zero attached hydrogens (tertiary/aromatic N) is 3. The lowest BCUT2D eigenvalue weighted by atomic mass is 9.96. The van der Waals surface area contributed by atoms with Crippen molar-refractivity contribution < 1.29 is 24.2 Å². The van der Waals surface area contributed by atoms with Gasteiger partial charge in [0.05, 0.1) is 17.3 Å². The Hall–Kier alpha value is -4.76. The molecular weight excluding hydrogens is 568 g/mol. The maximum atomic E-state index is 14.2. The second-order valence-electron chi connectivity index (χ2n) is 12.4. The summed E-state index contributed by atoms with van der Waals surface area (Å²) in [7, 11) is 0. The molecule has 0 saturated heterocycles. The van der Waals surface area contributed by atoms with Crippen LogP contribution in [0.15, 0.2) is 102 Å². The first-order valence-corrected chi connectivity index (χ1v) is 15.2. The minimum absolute atomic E-state index is 0.176. The molecule has 2 aliphatic heterocycles. The molecule has 3 aromatic rings. The van der Waals surface area contributed by atoms with Gasteiger partial charge in [0.15, 0.2) is 0 Å². The van der Waals surface area contributed by atoms with E-state index in [1.54, 1.807) is 30.5 Å². The molecule has 3 atom stereocenters. The first-order chi connectivity index (χ1) is 21.5. The largest absolute Gasteiger partial charge is 0.476 e. The van der Waals surface area contributed by atoms with Crippen molar-refractivity contribution in [1.29, 1.82) is 0 Å². The van der Waals surface area contributed by atoms with E-state index in [2.05, 4.69) is 10.3 Å². The van der Waals surface area contributed by atoms with Gasteiger partial charge < -0.3 is 20.1 Å². The summed E-state index contributed by atoms with van der Waals surface area (Å²) >= 11 is 0. The summed E-state index contributed by atoms with van der Waals surface area (Å²) in [4.78, 5) is 49.2. The molecule has 9 nitrogen and oxygen atoms in total. The molecule has 5 rings (SSSR count). The first-order valence-electron chi connectivity index (χ1n) is 15.2. The average Bonchev–Trinajstić information content (AvgIpc) is 3.41. The lowest BCUT2D eigenvalue weighted by Crippen LogP contribution is -2.57. The van der Waals surface area contributed by atoms with E-state index in [1.807, 2.05) is 94.4 Å². The Bertz CT molecular complexity index is 1570. The third-order valence-electron chi connectivity index (χ3n) is 7.89. The van der Waals surface area contributed by atoms with Gasteiger partial charge >= 0.3 is 0 Å². The van der Waals surface area contributed by atoms with E-state index in [0.717, 1.165) is 5.56 Å². The summed E-state index contributed by atoms with van der Waals surface area (Å²) in [6.45, 7) is 7.59. The van der Waals surface area contributed by atoms with Crippen LogP contribution in [0.1, 0.15) is 49.2 Å². The van der Waals surface area contributed by atoms with Crippen LogP contribution in [0, 0.1) is 5.92 Å². The highest BCUT2D eigenvalue weighted by Crippen LogP contribution is 2.31. The summed E-state index contributed by atoms with van der Waals surface area (Å²) in [6, 6.07) is 26.0. The number of ether oxygens (including phenoxy) is 1. The Balaban J connectivity index is 1.46. The SMILES string of the molecule is CC(C)C1C(=O)N(CC(=O)N[C@@H](Cc2ccccc2)C(O)C2=NC(C)(C)CO2)C(c2ccccc2)=CN1C(=O)c1ccccc1. The Morgan fingerprint density at radius 3 is 2.16 bits per heavy atom. The molecule has 0 bridgehead atoms. The van der Waals surface area contributed by atoms with E-state index in [1.165, 1.54) is 9.80 Å². The lowest BCUT2D eigenvalue weighted by Gasteiger charge is -2.41. The van der Waals surface area contributed by atoms with Crippen molar-refractivity contribution >= 4 is 29.3 Å². The number of amides is 3. The van der Waals surface area contributed by atoms with E-state index in [9.17, 15) is 19.5 Å². The Morgan fingerprint density at radius 1 is 0.978 bits per heavy atom. The summed E-state index contributed by atoms with van der Waals surface area (Å²) in [5, 5.41) is 14.3. The predicted octanol–water partition coefficient (Wildman–Crippen LogP) is 4.29. The van der Waals surface area contributed by atoms with E-state index in [4.69, 9.17) is 4.74 Å². The van der Waals surface area contributed by atoms with Crippen LogP contribution in [0.3, 0.4) is 0 Å². The van der Waals surface area contributed by atoms with E-state index >= 15 is 0 Å². The number of rotatable bonds is 10. The molecule has 2 aliphatic rings. The molecule has 0 fully saturated rings. The number of aliphatic hydroxyl groups excluding tert-OH is 1. The van der Waals surface area contributed by atoms with Crippen LogP contribution >= 0.6 is 0 Å². The Kier molecular flexibility index (Phi) is 9.48. The fraction of sp³-hybridized carbons (Fsp3) is 0.333. The molecule has 0 aliphatic carbocycles. The summed E-state index contributed by atoms with van der Waals surface area (Å²) < 4.78 is 5.72. The van der Waals surface area contributed by atoms with Crippen molar-refractivity contribution in [2.75, 3.05) is 13.2 Å². The molecule has 3 aromatic carbocycles. The molecule has 2 unspecified atom stereocenters. The van der Waals surface area contributed by atoms with Gasteiger partial charge in [0.2, 0.25) is 11.8 Å². The molecule has 9 heteroatoms. The summed E-state index contributed by atoms with van der Waals surface area (Å²) in [6.07, 6.45) is 0.795. The smallest absolute Gasteiger partial charge is 0.258 e. The van der Waals surface area contributed by atoms with Crippen LogP contribution in [0.25, 0.3) is 5.70 Å². The topological polar surface area (TPSA) is 112 Å². The van der Waals surface area contributed by atoms with Gasteiger partial charge in [0, 0.05) is 11.8 Å². The van der Waals surface area contributed by atoms with Crippen molar-refractivity contribution in [3.63, 3.8) is 0 Å². The van der Waals surface area contributed by atoms with Crippen molar-refractivity contribution in [3.05, 3.63) is 114 Å². The number of carbonyl (C=O) groups is 3. The Labute approximate surface area is 264 Å². The average molecular weight is 609 g/mol. The van der Waals surface area contributed by atoms with Crippen molar-refractivity contribution in [3.8, 4) is 0 Å². The number of nitrogens with one attached hydrogen (secondary N) is 1. The molecule has 0 radical (unpaired) electrons. The highest BCUT2D eigenvalue weighted by Gasteiger charge is 2.42. The Morgan fingerprint density at radius 2 is 1.58 bits per heavy atom. The summed E-state index contributed by atoms with van der Waals surface area (Å²) in [5.41, 5.74) is 2.01. The number of aliphatic imine (C=N–C) groups is 1. The zero-order valence-electron chi connectivity index (χ0n) is 26.1. The van der Waals surface area contributed by atoms with Crippen molar-refractivity contribution in [2.45, 2.75) is 57.8 Å². The second kappa shape index (κ2) is 13.5.